The van der Waals surface area contributed by atoms with Gasteiger partial charge in [-0.15, -0.1) is 0 Å². The second-order valence-electron chi connectivity index (χ2n) is 13.1. The van der Waals surface area contributed by atoms with E-state index in [9.17, 15) is 0 Å². The normalized spacial score (nSPS) is 12.0. The predicted molar refractivity (Wildman–Crippen MR) is 210 cm³/mol. The van der Waals surface area contributed by atoms with Crippen LogP contribution in [0, 0.1) is 0 Å². The lowest BCUT2D eigenvalue weighted by atomic mass is 9.83. The first-order valence-electron chi connectivity index (χ1n) is 17.1. The average molecular weight is 637 g/mol. The average Bonchev–Trinajstić information content (AvgIpc) is 3.76. The molecule has 50 heavy (non-hydrogen) atoms. The van der Waals surface area contributed by atoms with E-state index < -0.39 is 0 Å². The molecule has 0 spiro atoms. The van der Waals surface area contributed by atoms with Gasteiger partial charge in [-0.05, 0) is 96.0 Å². The minimum atomic E-state index is 0.869. The molecule has 11 aromatic rings. The molecular formula is C48H28O2. The summed E-state index contributed by atoms with van der Waals surface area (Å²) in [5.74, 6) is 0. The van der Waals surface area contributed by atoms with Gasteiger partial charge in [0, 0.05) is 21.5 Å². The molecule has 0 aliphatic heterocycles. The molecule has 2 nitrogen and oxygen atoms in total. The molecule has 232 valence electrons. The molecule has 0 saturated carbocycles. The van der Waals surface area contributed by atoms with Gasteiger partial charge in [-0.3, -0.25) is 0 Å². The monoisotopic (exact) mass is 636 g/mol. The number of para-hydroxylation sites is 1. The molecule has 2 heterocycles. The molecule has 0 atom stereocenters. The van der Waals surface area contributed by atoms with Crippen molar-refractivity contribution in [1.82, 2.24) is 0 Å². The van der Waals surface area contributed by atoms with Crippen molar-refractivity contribution in [3.05, 3.63) is 170 Å². The molecule has 11 rings (SSSR count). The minimum absolute atomic E-state index is 0.869. The van der Waals surface area contributed by atoms with Gasteiger partial charge in [-0.2, -0.15) is 0 Å². The van der Waals surface area contributed by atoms with Crippen LogP contribution in [0.5, 0.6) is 0 Å². The molecule has 0 aliphatic rings. The lowest BCUT2D eigenvalue weighted by Crippen LogP contribution is -1.92. The molecule has 0 fully saturated rings. The van der Waals surface area contributed by atoms with Crippen LogP contribution in [0.2, 0.25) is 0 Å². The molecule has 2 heteroatoms. The van der Waals surface area contributed by atoms with Crippen molar-refractivity contribution in [3.8, 4) is 33.4 Å². The maximum atomic E-state index is 6.86. The maximum Gasteiger partial charge on any atom is 0.136 e. The summed E-state index contributed by atoms with van der Waals surface area (Å²) < 4.78 is 13.2. The fraction of sp³-hybridized carbons (Fsp3) is 0. The van der Waals surface area contributed by atoms with E-state index >= 15 is 0 Å². The smallest absolute Gasteiger partial charge is 0.136 e. The highest BCUT2D eigenvalue weighted by atomic mass is 16.3. The van der Waals surface area contributed by atoms with Crippen molar-refractivity contribution < 1.29 is 8.83 Å². The van der Waals surface area contributed by atoms with E-state index in [4.69, 9.17) is 8.83 Å². The standard InChI is InChI=1S/C48H28O2/c1-2-14-30(15-3-1)44-34-17-6-8-19-36(34)45(37-20-9-7-18-35(37)44)39-27-31(33-22-12-24-41-46(33)38-21-10-11-23-40(38)49-41)28-43-48(39)47-32-16-5-4-13-29(32)25-26-42(47)50-43/h1-28H. The first-order chi connectivity index (χ1) is 24.8. The summed E-state index contributed by atoms with van der Waals surface area (Å²) in [6.07, 6.45) is 0. The quantitative estimate of drug-likeness (QED) is 0.180. The number of furan rings is 2. The molecule has 2 aromatic heterocycles. The molecule has 0 bridgehead atoms. The Morgan fingerprint density at radius 2 is 0.860 bits per heavy atom. The van der Waals surface area contributed by atoms with Crippen LogP contribution in [0.15, 0.2) is 179 Å². The van der Waals surface area contributed by atoms with E-state index in [1.54, 1.807) is 0 Å². The third kappa shape index (κ3) is 3.85. The second kappa shape index (κ2) is 10.4. The Kier molecular flexibility index (Phi) is 5.70. The van der Waals surface area contributed by atoms with Crippen LogP contribution in [-0.4, -0.2) is 0 Å². The van der Waals surface area contributed by atoms with Crippen molar-refractivity contribution in [3.63, 3.8) is 0 Å². The van der Waals surface area contributed by atoms with E-state index in [0.717, 1.165) is 60.6 Å². The third-order valence-electron chi connectivity index (χ3n) is 10.4. The molecule has 0 aliphatic carbocycles. The van der Waals surface area contributed by atoms with E-state index in [0.29, 0.717) is 0 Å². The summed E-state index contributed by atoms with van der Waals surface area (Å²) in [6.45, 7) is 0. The van der Waals surface area contributed by atoms with Crippen LogP contribution in [-0.2, 0) is 0 Å². The molecule has 0 amide bonds. The zero-order valence-electron chi connectivity index (χ0n) is 27.0. The van der Waals surface area contributed by atoms with E-state index in [-0.39, 0.29) is 0 Å². The summed E-state index contributed by atoms with van der Waals surface area (Å²) >= 11 is 0. The summed E-state index contributed by atoms with van der Waals surface area (Å²) in [6, 6.07) is 60.8. The zero-order valence-corrected chi connectivity index (χ0v) is 27.0. The number of fused-ring (bicyclic) bond motifs is 10. The number of hydrogen-bond acceptors (Lipinski definition) is 2. The van der Waals surface area contributed by atoms with Crippen molar-refractivity contribution in [2.45, 2.75) is 0 Å². The van der Waals surface area contributed by atoms with Gasteiger partial charge in [0.2, 0.25) is 0 Å². The van der Waals surface area contributed by atoms with Gasteiger partial charge in [-0.1, -0.05) is 140 Å². The van der Waals surface area contributed by atoms with Gasteiger partial charge in [0.05, 0.1) is 0 Å². The van der Waals surface area contributed by atoms with Gasteiger partial charge in [0.1, 0.15) is 22.3 Å². The molecule has 0 N–H and O–H groups in total. The Bertz CT molecular complexity index is 3080. The lowest BCUT2D eigenvalue weighted by molar-refractivity contribution is 0.668. The second-order valence-corrected chi connectivity index (χ2v) is 13.1. The van der Waals surface area contributed by atoms with E-state index in [2.05, 4.69) is 158 Å². The molecule has 9 aromatic carbocycles. The van der Waals surface area contributed by atoms with Gasteiger partial charge < -0.3 is 8.83 Å². The van der Waals surface area contributed by atoms with Crippen LogP contribution in [0.4, 0.5) is 0 Å². The predicted octanol–water partition coefficient (Wildman–Crippen LogP) is 13.9. The Labute approximate surface area is 287 Å². The van der Waals surface area contributed by atoms with Gasteiger partial charge in [0.15, 0.2) is 0 Å². The SMILES string of the molecule is c1ccc(-c2c3ccccc3c(-c3cc(-c4cccc5oc6ccccc6c45)cc4oc5ccc6ccccc6c5c34)c3ccccc23)cc1. The van der Waals surface area contributed by atoms with Gasteiger partial charge in [0.25, 0.3) is 0 Å². The fourth-order valence-corrected chi connectivity index (χ4v) is 8.37. The largest absolute Gasteiger partial charge is 0.456 e. The number of hydrogen-bond donors (Lipinski definition) is 0. The van der Waals surface area contributed by atoms with Gasteiger partial charge >= 0.3 is 0 Å². The fourth-order valence-electron chi connectivity index (χ4n) is 8.37. The van der Waals surface area contributed by atoms with Crippen LogP contribution in [0.25, 0.3) is 110 Å². The Balaban J connectivity index is 1.35. The first kappa shape index (κ1) is 27.3. The van der Waals surface area contributed by atoms with Crippen molar-refractivity contribution >= 4 is 76.2 Å². The van der Waals surface area contributed by atoms with Crippen molar-refractivity contribution in [2.24, 2.45) is 0 Å². The molecule has 0 unspecified atom stereocenters. The van der Waals surface area contributed by atoms with Crippen molar-refractivity contribution in [2.75, 3.05) is 0 Å². The number of rotatable bonds is 3. The van der Waals surface area contributed by atoms with E-state index in [1.165, 1.54) is 49.0 Å². The summed E-state index contributed by atoms with van der Waals surface area (Å²) in [7, 11) is 0. The lowest BCUT2D eigenvalue weighted by Gasteiger charge is -2.19. The summed E-state index contributed by atoms with van der Waals surface area (Å²) in [4.78, 5) is 0. The Morgan fingerprint density at radius 3 is 1.62 bits per heavy atom. The Morgan fingerprint density at radius 1 is 0.280 bits per heavy atom. The highest BCUT2D eigenvalue weighted by molar-refractivity contribution is 6.29. The first-order valence-corrected chi connectivity index (χ1v) is 17.1. The highest BCUT2D eigenvalue weighted by Crippen LogP contribution is 2.50. The van der Waals surface area contributed by atoms with Crippen LogP contribution in [0.3, 0.4) is 0 Å². The zero-order chi connectivity index (χ0) is 32.8. The van der Waals surface area contributed by atoms with Crippen LogP contribution < -0.4 is 0 Å². The van der Waals surface area contributed by atoms with Gasteiger partial charge in [-0.25, -0.2) is 0 Å². The summed E-state index contributed by atoms with van der Waals surface area (Å²) in [5, 5.41) is 11.8. The molecule has 0 radical (unpaired) electrons. The van der Waals surface area contributed by atoms with Crippen LogP contribution >= 0.6 is 0 Å². The van der Waals surface area contributed by atoms with Crippen molar-refractivity contribution in [1.29, 1.82) is 0 Å². The topological polar surface area (TPSA) is 26.3 Å². The minimum Gasteiger partial charge on any atom is -0.456 e. The third-order valence-corrected chi connectivity index (χ3v) is 10.4. The molecule has 0 saturated heterocycles. The maximum absolute atomic E-state index is 6.86. The van der Waals surface area contributed by atoms with E-state index in [1.807, 2.05) is 12.1 Å². The Hall–Kier alpha value is -6.64. The molecular weight excluding hydrogens is 609 g/mol. The summed E-state index contributed by atoms with van der Waals surface area (Å²) in [5.41, 5.74) is 10.6. The highest BCUT2D eigenvalue weighted by Gasteiger charge is 2.23. The van der Waals surface area contributed by atoms with Crippen LogP contribution in [0.1, 0.15) is 0 Å². The number of benzene rings is 9.